The van der Waals surface area contributed by atoms with Gasteiger partial charge in [-0.25, -0.2) is 9.59 Å². The van der Waals surface area contributed by atoms with E-state index in [-0.39, 0.29) is 37.1 Å². The molecule has 9 rings (SSSR count). The van der Waals surface area contributed by atoms with Crippen molar-refractivity contribution in [3.8, 4) is 11.5 Å². The Labute approximate surface area is 461 Å². The van der Waals surface area contributed by atoms with Crippen LogP contribution in [0.25, 0.3) is 0 Å². The van der Waals surface area contributed by atoms with E-state index < -0.39 is 12.2 Å². The Morgan fingerprint density at radius 3 is 1.51 bits per heavy atom. The van der Waals surface area contributed by atoms with Gasteiger partial charge in [0.2, 0.25) is 0 Å². The average Bonchev–Trinajstić information content (AvgIpc) is 3.99. The number of carbonyl (C=O) groups is 4. The van der Waals surface area contributed by atoms with E-state index in [1.165, 1.54) is 5.69 Å². The Kier molecular flexibility index (Phi) is 19.7. The molecule has 1 fully saturated rings. The molecular formula is C62H71BrN6O8. The summed E-state index contributed by atoms with van der Waals surface area (Å²) in [6.07, 6.45) is 1.91. The topological polar surface area (TPSA) is 142 Å². The first-order chi connectivity index (χ1) is 37.5. The highest BCUT2D eigenvalue weighted by Gasteiger charge is 2.37. The number of likely N-dealkylation sites (N-methyl/N-ethyl adjacent to an activating group) is 1. The molecule has 6 aromatic rings. The molecule has 14 nitrogen and oxygen atoms in total. The molecule has 0 unspecified atom stereocenters. The summed E-state index contributed by atoms with van der Waals surface area (Å²) < 4.78 is 22.5. The number of halogens is 1. The second-order valence-electron chi connectivity index (χ2n) is 19.6. The molecule has 6 aromatic carbocycles. The van der Waals surface area contributed by atoms with E-state index >= 15 is 0 Å². The highest BCUT2D eigenvalue weighted by Crippen LogP contribution is 2.41. The lowest BCUT2D eigenvalue weighted by Gasteiger charge is -2.36. The molecule has 1 saturated heterocycles. The van der Waals surface area contributed by atoms with E-state index in [2.05, 4.69) is 67.6 Å². The molecule has 3 aliphatic heterocycles. The molecular weight excluding hydrogens is 1040 g/mol. The maximum atomic E-state index is 13.9. The molecule has 404 valence electrons. The Balaban J connectivity index is 0.000000207. The van der Waals surface area contributed by atoms with Crippen LogP contribution >= 0.6 is 15.9 Å². The van der Waals surface area contributed by atoms with Crippen LogP contribution in [0, 0.1) is 13.8 Å². The van der Waals surface area contributed by atoms with Crippen molar-refractivity contribution in [1.29, 1.82) is 0 Å². The van der Waals surface area contributed by atoms with Crippen LogP contribution in [-0.4, -0.2) is 98.7 Å². The van der Waals surface area contributed by atoms with Crippen molar-refractivity contribution < 1.29 is 38.1 Å². The summed E-state index contributed by atoms with van der Waals surface area (Å²) in [6.45, 7) is 13.8. The first-order valence-corrected chi connectivity index (χ1v) is 27.4. The van der Waals surface area contributed by atoms with Gasteiger partial charge < -0.3 is 49.2 Å². The number of aryl methyl sites for hydroxylation is 2. The van der Waals surface area contributed by atoms with E-state index in [0.717, 1.165) is 104 Å². The molecule has 0 spiro atoms. The first-order valence-electron chi connectivity index (χ1n) is 26.6. The fourth-order valence-corrected chi connectivity index (χ4v) is 11.0. The molecule has 0 aromatic heterocycles. The maximum Gasteiger partial charge on any atom is 0.407 e. The fraction of sp³-hybridized carbons (Fsp3) is 0.355. The second kappa shape index (κ2) is 27.1. The molecule has 2 N–H and O–H groups in total. The summed E-state index contributed by atoms with van der Waals surface area (Å²) in [5.41, 5.74) is 10.9. The number of fused-ring (bicyclic) bond motifs is 2. The molecule has 0 radical (unpaired) electrons. The number of nitrogens with one attached hydrogen (secondary N) is 2. The number of hydrogen-bond donors (Lipinski definition) is 2. The molecule has 4 amide bonds. The lowest BCUT2D eigenvalue weighted by atomic mass is 9.98. The largest absolute Gasteiger partial charge is 0.496 e. The lowest BCUT2D eigenvalue weighted by molar-refractivity contribution is 0.0681. The van der Waals surface area contributed by atoms with Crippen LogP contribution in [0.2, 0.25) is 0 Å². The van der Waals surface area contributed by atoms with Crippen molar-refractivity contribution in [1.82, 2.24) is 25.3 Å². The highest BCUT2D eigenvalue weighted by molar-refractivity contribution is 9.10. The summed E-state index contributed by atoms with van der Waals surface area (Å²) in [7, 11) is 3.32. The number of piperazine rings is 1. The molecule has 2 atom stereocenters. The van der Waals surface area contributed by atoms with Gasteiger partial charge in [-0.05, 0) is 121 Å². The van der Waals surface area contributed by atoms with Crippen molar-refractivity contribution in [2.75, 3.05) is 64.9 Å². The standard InChI is InChI=1S/C34H42N4O4.C28H29BrN2O4/c1-4-36-18-20-37(21-19-36)31-13-8-12-28-29(31)23-38(33(28)39)30(27-15-16-32(41-3)25(2)22-27)14-9-17-35-34(40)42-24-26-10-6-5-7-11-26;1-19-16-21(13-14-26(19)34-2)25(31-17-23-22(27(31)32)10-6-11-24(23)29)12-7-15-30-28(33)35-18-20-8-4-3-5-9-20/h5-8,10-13,15-16,22,30H,4,9,14,17-21,23-24H2,1-3H3,(H,35,40);3-6,8-11,13-14,16,25H,7,12,15,17-18H2,1-2H3,(H,30,33)/t30-;25-/m11/s1. The zero-order valence-corrected chi connectivity index (χ0v) is 46.5. The summed E-state index contributed by atoms with van der Waals surface area (Å²) in [6, 6.07) is 43.0. The fourth-order valence-electron chi connectivity index (χ4n) is 10.5. The van der Waals surface area contributed by atoms with Crippen molar-refractivity contribution in [3.63, 3.8) is 0 Å². The van der Waals surface area contributed by atoms with Crippen LogP contribution in [0.5, 0.6) is 11.5 Å². The number of anilines is 1. The lowest BCUT2D eigenvalue weighted by Crippen LogP contribution is -2.46. The van der Waals surface area contributed by atoms with Crippen molar-refractivity contribution in [3.05, 3.63) is 194 Å². The van der Waals surface area contributed by atoms with Gasteiger partial charge in [0.1, 0.15) is 24.7 Å². The molecule has 77 heavy (non-hydrogen) atoms. The number of methoxy groups -OCH3 is 2. The number of ether oxygens (including phenoxy) is 4. The minimum atomic E-state index is -0.445. The van der Waals surface area contributed by atoms with Crippen LogP contribution in [-0.2, 0) is 35.8 Å². The molecule has 3 heterocycles. The third-order valence-electron chi connectivity index (χ3n) is 14.7. The van der Waals surface area contributed by atoms with Gasteiger partial charge in [-0.2, -0.15) is 0 Å². The van der Waals surface area contributed by atoms with E-state index in [1.54, 1.807) is 14.2 Å². The van der Waals surface area contributed by atoms with E-state index in [4.69, 9.17) is 18.9 Å². The minimum Gasteiger partial charge on any atom is -0.496 e. The van der Waals surface area contributed by atoms with Crippen LogP contribution in [0.3, 0.4) is 0 Å². The number of hydrogen-bond acceptors (Lipinski definition) is 10. The number of benzene rings is 6. The quantitative estimate of drug-likeness (QED) is 0.0710. The summed E-state index contributed by atoms with van der Waals surface area (Å²) >= 11 is 3.59. The number of nitrogens with zero attached hydrogens (tertiary/aromatic N) is 4. The molecule has 0 saturated carbocycles. The monoisotopic (exact) mass is 1110 g/mol. The Bertz CT molecular complexity index is 2970. The van der Waals surface area contributed by atoms with Crippen molar-refractivity contribution >= 4 is 45.6 Å². The van der Waals surface area contributed by atoms with Gasteiger partial charge in [-0.1, -0.05) is 120 Å². The summed E-state index contributed by atoms with van der Waals surface area (Å²) in [4.78, 5) is 60.5. The third kappa shape index (κ3) is 14.2. The van der Waals surface area contributed by atoms with Gasteiger partial charge >= 0.3 is 12.2 Å². The summed E-state index contributed by atoms with van der Waals surface area (Å²) in [5, 5.41) is 5.70. The zero-order chi connectivity index (χ0) is 54.3. The second-order valence-corrected chi connectivity index (χ2v) is 20.5. The van der Waals surface area contributed by atoms with Crippen LogP contribution in [0.4, 0.5) is 15.3 Å². The Hall–Kier alpha value is -7.36. The van der Waals surface area contributed by atoms with Gasteiger partial charge in [-0.3, -0.25) is 9.59 Å². The predicted octanol–water partition coefficient (Wildman–Crippen LogP) is 11.7. The van der Waals surface area contributed by atoms with E-state index in [1.807, 2.05) is 133 Å². The van der Waals surface area contributed by atoms with E-state index in [9.17, 15) is 19.2 Å². The molecule has 0 bridgehead atoms. The maximum absolute atomic E-state index is 13.9. The van der Waals surface area contributed by atoms with Crippen molar-refractivity contribution in [2.24, 2.45) is 0 Å². The average molecular weight is 1110 g/mol. The zero-order valence-electron chi connectivity index (χ0n) is 44.9. The van der Waals surface area contributed by atoms with Gasteiger partial charge in [0.05, 0.1) is 26.3 Å². The smallest absolute Gasteiger partial charge is 0.407 e. The number of rotatable bonds is 20. The first kappa shape index (κ1) is 55.9. The van der Waals surface area contributed by atoms with Gasteiger partial charge in [0.25, 0.3) is 11.8 Å². The molecule has 3 aliphatic rings. The van der Waals surface area contributed by atoms with Crippen LogP contribution in [0.15, 0.2) is 138 Å². The number of amides is 4. The van der Waals surface area contributed by atoms with E-state index in [0.29, 0.717) is 51.9 Å². The van der Waals surface area contributed by atoms with Gasteiger partial charge in [-0.15, -0.1) is 0 Å². The van der Waals surface area contributed by atoms with Gasteiger partial charge in [0, 0.05) is 79.2 Å². The normalized spacial score (nSPS) is 14.7. The van der Waals surface area contributed by atoms with Gasteiger partial charge in [0.15, 0.2) is 0 Å². The highest BCUT2D eigenvalue weighted by atomic mass is 79.9. The molecule has 0 aliphatic carbocycles. The Morgan fingerprint density at radius 2 is 1.05 bits per heavy atom. The third-order valence-corrected chi connectivity index (χ3v) is 15.4. The summed E-state index contributed by atoms with van der Waals surface area (Å²) in [5.74, 6) is 1.72. The number of alkyl carbamates (subject to hydrolysis) is 2. The minimum absolute atomic E-state index is 0.0231. The number of carbonyl (C=O) groups excluding carboxylic acids is 4. The predicted molar refractivity (Wildman–Crippen MR) is 303 cm³/mol. The Morgan fingerprint density at radius 1 is 0.584 bits per heavy atom. The molecule has 15 heteroatoms. The SMILES string of the molecule is CCN1CCN(c2cccc3c2CN([C@H](CCCNC(=O)OCc2ccccc2)c2ccc(OC)c(C)c2)C3=O)CC1.COc1ccc([C@@H](CCCNC(=O)OCc2ccccc2)N2Cc3c(Br)cccc3C2=O)cc1C. The van der Waals surface area contributed by atoms with Crippen LogP contribution < -0.4 is 25.0 Å². The van der Waals surface area contributed by atoms with Crippen molar-refractivity contribution in [2.45, 2.75) is 84.8 Å². The van der Waals surface area contributed by atoms with Crippen LogP contribution in [0.1, 0.15) is 110 Å².